The number of benzene rings is 1. The summed E-state index contributed by atoms with van der Waals surface area (Å²) in [7, 11) is -4.75. The maximum atomic E-state index is 11.9. The molecule has 1 rings (SSSR count). The van der Waals surface area contributed by atoms with Crippen molar-refractivity contribution in [2.75, 3.05) is 0 Å². The predicted molar refractivity (Wildman–Crippen MR) is 80.8 cm³/mol. The van der Waals surface area contributed by atoms with Gasteiger partial charge in [-0.05, 0) is 44.0 Å². The average Bonchev–Trinajstić information content (AvgIpc) is 2.44. The van der Waals surface area contributed by atoms with Gasteiger partial charge in [0.15, 0.2) is 19.5 Å². The molecule has 1 aromatic rings. The first-order valence-corrected chi connectivity index (χ1v) is 8.92. The van der Waals surface area contributed by atoms with E-state index in [-0.39, 0.29) is 25.3 Å². The Morgan fingerprint density at radius 3 is 2.43 bits per heavy atom. The summed E-state index contributed by atoms with van der Waals surface area (Å²) in [6, 6.07) is 6.34. The van der Waals surface area contributed by atoms with E-state index < -0.39 is 25.5 Å². The van der Waals surface area contributed by atoms with E-state index in [0.717, 1.165) is 0 Å². The fraction of sp³-hybridized carbons (Fsp3) is 0.500. The zero-order valence-corrected chi connectivity index (χ0v) is 15.0. The molecule has 6 nitrogen and oxygen atoms in total. The Morgan fingerprint density at radius 2 is 1.96 bits per heavy atom. The SMILES string of the molecule is CCCCC(OC(=O)C(C)Oc1ccc(Cl)cc1)P(=O)([O-])O.[Li+]. The Hall–Kier alpha value is -0.473. The second-order valence-corrected chi connectivity index (χ2v) is 6.95. The average molecular weight is 357 g/mol. The van der Waals surface area contributed by atoms with Crippen LogP contribution in [0.15, 0.2) is 24.3 Å². The van der Waals surface area contributed by atoms with Crippen molar-refractivity contribution in [3.63, 3.8) is 0 Å². The molecule has 0 amide bonds. The maximum absolute atomic E-state index is 11.9. The summed E-state index contributed by atoms with van der Waals surface area (Å²) in [6.45, 7) is 3.29. The smallest absolute Gasteiger partial charge is 0.776 e. The van der Waals surface area contributed by atoms with Crippen molar-refractivity contribution >= 4 is 25.2 Å². The van der Waals surface area contributed by atoms with Gasteiger partial charge in [0.1, 0.15) is 5.75 Å². The second kappa shape index (κ2) is 10.4. The van der Waals surface area contributed by atoms with Gasteiger partial charge >= 0.3 is 24.8 Å². The Labute approximate surface area is 152 Å². The van der Waals surface area contributed by atoms with Gasteiger partial charge in [-0.3, -0.25) is 0 Å². The minimum Gasteiger partial charge on any atom is -0.776 e. The normalized spacial score (nSPS) is 15.7. The Balaban J connectivity index is 0.00000484. The van der Waals surface area contributed by atoms with Crippen LogP contribution in [0, 0.1) is 0 Å². The van der Waals surface area contributed by atoms with Crippen molar-refractivity contribution in [1.29, 1.82) is 0 Å². The van der Waals surface area contributed by atoms with Crippen molar-refractivity contribution in [2.45, 2.75) is 45.1 Å². The summed E-state index contributed by atoms with van der Waals surface area (Å²) >= 11 is 5.74. The van der Waals surface area contributed by atoms with Gasteiger partial charge in [-0.15, -0.1) is 0 Å². The minimum absolute atomic E-state index is 0. The standard InChI is InChI=1S/C14H20ClO6P.Li/c1-3-4-5-13(22(17,18)19)21-14(16)10(2)20-12-8-6-11(15)7-9-12;/h6-10,13H,3-5H2,1-2H3,(H2,17,18,19);/q;+1/p-1. The number of carbonyl (C=O) groups is 1. The fourth-order valence-electron chi connectivity index (χ4n) is 1.66. The van der Waals surface area contributed by atoms with Gasteiger partial charge in [0, 0.05) is 5.02 Å². The molecule has 0 aliphatic rings. The van der Waals surface area contributed by atoms with Crippen LogP contribution < -0.4 is 28.5 Å². The second-order valence-electron chi connectivity index (χ2n) is 4.81. The maximum Gasteiger partial charge on any atom is 1.00 e. The first-order valence-electron chi connectivity index (χ1n) is 6.90. The van der Waals surface area contributed by atoms with Gasteiger partial charge < -0.3 is 23.8 Å². The molecule has 3 unspecified atom stereocenters. The fourth-order valence-corrected chi connectivity index (χ4v) is 2.53. The number of hydrogen-bond acceptors (Lipinski definition) is 5. The van der Waals surface area contributed by atoms with Crippen LogP contribution in [0.25, 0.3) is 0 Å². The van der Waals surface area contributed by atoms with Gasteiger partial charge in [0.25, 0.3) is 0 Å². The number of carbonyl (C=O) groups excluding carboxylic acids is 1. The zero-order chi connectivity index (χ0) is 16.8. The summed E-state index contributed by atoms with van der Waals surface area (Å²) in [5.41, 5.74) is 0. The molecule has 9 heteroatoms. The van der Waals surface area contributed by atoms with Crippen molar-refractivity contribution in [3.05, 3.63) is 29.3 Å². The molecule has 0 aliphatic carbocycles. The largest absolute Gasteiger partial charge is 1.00 e. The molecule has 0 heterocycles. The van der Waals surface area contributed by atoms with E-state index in [2.05, 4.69) is 0 Å². The molecule has 23 heavy (non-hydrogen) atoms. The van der Waals surface area contributed by atoms with Crippen LogP contribution in [0.3, 0.4) is 0 Å². The third-order valence-electron chi connectivity index (χ3n) is 2.88. The third kappa shape index (κ3) is 8.26. The molecule has 1 aromatic carbocycles. The van der Waals surface area contributed by atoms with Crippen LogP contribution in [0.5, 0.6) is 5.75 Å². The Kier molecular flexibility index (Phi) is 10.2. The van der Waals surface area contributed by atoms with Gasteiger partial charge in [-0.1, -0.05) is 24.9 Å². The summed E-state index contributed by atoms with van der Waals surface area (Å²) in [5, 5.41) is 0.523. The molecule has 0 aromatic heterocycles. The van der Waals surface area contributed by atoms with Crippen LogP contribution >= 0.6 is 19.2 Å². The third-order valence-corrected chi connectivity index (χ3v) is 4.22. The number of ether oxygens (including phenoxy) is 2. The van der Waals surface area contributed by atoms with Crippen molar-refractivity contribution < 1.29 is 47.5 Å². The number of esters is 1. The molecular weight excluding hydrogens is 338 g/mol. The Bertz CT molecular complexity index is 533. The first kappa shape index (κ1) is 22.5. The molecular formula is C14H19ClLiO6P. The van der Waals surface area contributed by atoms with E-state index in [4.69, 9.17) is 26.0 Å². The van der Waals surface area contributed by atoms with Crippen molar-refractivity contribution in [1.82, 2.24) is 0 Å². The first-order chi connectivity index (χ1) is 10.2. The minimum atomic E-state index is -4.75. The molecule has 0 bridgehead atoms. The van der Waals surface area contributed by atoms with Crippen LogP contribution in [0.2, 0.25) is 5.02 Å². The van der Waals surface area contributed by atoms with E-state index in [1.807, 2.05) is 6.92 Å². The monoisotopic (exact) mass is 356 g/mol. The molecule has 0 radical (unpaired) electrons. The number of rotatable bonds is 8. The summed E-state index contributed by atoms with van der Waals surface area (Å²) in [5.74, 6) is -2.01. The quantitative estimate of drug-likeness (QED) is 0.391. The van der Waals surface area contributed by atoms with Gasteiger partial charge in [0.05, 0.1) is 0 Å². The summed E-state index contributed by atoms with van der Waals surface area (Å²) in [6.07, 6.45) is 0.256. The van der Waals surface area contributed by atoms with Gasteiger partial charge in [-0.2, -0.15) is 0 Å². The number of hydrogen-bond donors (Lipinski definition) is 1. The topological polar surface area (TPSA) is 95.9 Å². The zero-order valence-electron chi connectivity index (χ0n) is 13.4. The van der Waals surface area contributed by atoms with E-state index in [1.54, 1.807) is 24.3 Å². The van der Waals surface area contributed by atoms with Crippen LogP contribution in [-0.2, 0) is 14.1 Å². The van der Waals surface area contributed by atoms with Gasteiger partial charge in [0.2, 0.25) is 0 Å². The molecule has 0 saturated carbocycles. The van der Waals surface area contributed by atoms with Crippen LogP contribution in [0.4, 0.5) is 0 Å². The molecule has 0 saturated heterocycles. The van der Waals surface area contributed by atoms with E-state index in [1.165, 1.54) is 6.92 Å². The molecule has 1 N–H and O–H groups in total. The molecule has 0 fully saturated rings. The summed E-state index contributed by atoms with van der Waals surface area (Å²) in [4.78, 5) is 32.3. The van der Waals surface area contributed by atoms with E-state index in [0.29, 0.717) is 23.6 Å². The summed E-state index contributed by atoms with van der Waals surface area (Å²) < 4.78 is 21.4. The molecule has 3 atom stereocenters. The molecule has 0 aliphatic heterocycles. The van der Waals surface area contributed by atoms with Gasteiger partial charge in [-0.25, -0.2) is 4.79 Å². The predicted octanol–water partition coefficient (Wildman–Crippen LogP) is -0.283. The molecule has 124 valence electrons. The number of unbranched alkanes of at least 4 members (excludes halogenated alkanes) is 1. The van der Waals surface area contributed by atoms with Crippen LogP contribution in [-0.4, -0.2) is 22.8 Å². The van der Waals surface area contributed by atoms with E-state index >= 15 is 0 Å². The molecule has 0 spiro atoms. The Morgan fingerprint density at radius 1 is 1.39 bits per heavy atom. The number of halogens is 1. The van der Waals surface area contributed by atoms with Crippen molar-refractivity contribution in [3.8, 4) is 5.75 Å². The van der Waals surface area contributed by atoms with Crippen LogP contribution in [0.1, 0.15) is 33.1 Å². The van der Waals surface area contributed by atoms with Crippen molar-refractivity contribution in [2.24, 2.45) is 0 Å². The van der Waals surface area contributed by atoms with E-state index in [9.17, 15) is 14.3 Å².